The third kappa shape index (κ3) is 5.57. The molecular weight excluding hydrogens is 592 g/mol. The van der Waals surface area contributed by atoms with E-state index in [0.29, 0.717) is 59.4 Å². The highest BCUT2D eigenvalue weighted by Gasteiger charge is 2.30. The molecule has 1 aliphatic heterocycles. The number of rotatable bonds is 6. The van der Waals surface area contributed by atoms with E-state index in [0.717, 1.165) is 5.56 Å². The van der Waals surface area contributed by atoms with Gasteiger partial charge in [0.1, 0.15) is 11.6 Å². The average molecular weight is 625 g/mol. The molecule has 4 aromatic rings. The lowest BCUT2D eigenvalue weighted by Gasteiger charge is -2.40. The second-order valence-corrected chi connectivity index (χ2v) is 11.7. The van der Waals surface area contributed by atoms with Crippen LogP contribution in [-0.4, -0.2) is 63.0 Å². The van der Waals surface area contributed by atoms with Crippen molar-refractivity contribution in [2.45, 2.75) is 39.7 Å². The second-order valence-electron chi connectivity index (χ2n) is 10.9. The molecule has 0 spiro atoms. The van der Waals surface area contributed by atoms with Gasteiger partial charge in [0.05, 0.1) is 26.8 Å². The number of aromatic nitrogens is 4. The highest BCUT2D eigenvalue weighted by Crippen LogP contribution is 2.37. The highest BCUT2D eigenvalue weighted by molar-refractivity contribution is 6.34. The number of pyridine rings is 2. The molecule has 5 rings (SSSR count). The summed E-state index contributed by atoms with van der Waals surface area (Å²) in [6.45, 7) is 12.8. The van der Waals surface area contributed by atoms with E-state index in [-0.39, 0.29) is 27.9 Å². The normalized spacial score (nSPS) is 15.3. The zero-order chi connectivity index (χ0) is 31.2. The lowest BCUT2D eigenvalue weighted by Crippen LogP contribution is -2.54. The van der Waals surface area contributed by atoms with Gasteiger partial charge in [-0.05, 0) is 61.7 Å². The first-order chi connectivity index (χ1) is 20.4. The van der Waals surface area contributed by atoms with Gasteiger partial charge in [-0.25, -0.2) is 18.7 Å². The van der Waals surface area contributed by atoms with Crippen LogP contribution in [0.25, 0.3) is 16.7 Å². The van der Waals surface area contributed by atoms with Gasteiger partial charge in [-0.2, -0.15) is 4.98 Å². The molecular formula is C31H32Cl2FN7O2. The molecule has 0 bridgehead atoms. The Morgan fingerprint density at radius 1 is 1.16 bits per heavy atom. The first-order valence-corrected chi connectivity index (χ1v) is 14.6. The molecule has 1 aliphatic rings. The van der Waals surface area contributed by atoms with E-state index >= 15 is 0 Å². The summed E-state index contributed by atoms with van der Waals surface area (Å²) in [7, 11) is 1.71. The minimum absolute atomic E-state index is 0.00138. The van der Waals surface area contributed by atoms with Crippen molar-refractivity contribution in [3.63, 3.8) is 0 Å². The van der Waals surface area contributed by atoms with Crippen LogP contribution in [0.3, 0.4) is 0 Å². The smallest absolute Gasteiger partial charge is 0.350 e. The number of piperazine rings is 1. The van der Waals surface area contributed by atoms with Crippen LogP contribution >= 0.6 is 23.2 Å². The van der Waals surface area contributed by atoms with E-state index in [1.165, 1.54) is 22.8 Å². The third-order valence-electron chi connectivity index (χ3n) is 7.70. The molecule has 0 radical (unpaired) electrons. The zero-order valence-electron chi connectivity index (χ0n) is 24.6. The lowest BCUT2D eigenvalue weighted by atomic mass is 10.0. The molecule has 9 nitrogen and oxygen atoms in total. The molecule has 1 amide bonds. The minimum Gasteiger partial charge on any atom is -0.350 e. The van der Waals surface area contributed by atoms with Gasteiger partial charge in [0.2, 0.25) is 5.91 Å². The summed E-state index contributed by atoms with van der Waals surface area (Å²) in [5.41, 5.74) is 2.41. The quantitative estimate of drug-likeness (QED) is 0.242. The number of halogens is 3. The predicted octanol–water partition coefficient (Wildman–Crippen LogP) is 6.04. The number of carbonyl (C=O) groups excluding carboxylic acids is 1. The largest absolute Gasteiger partial charge is 0.355 e. The molecule has 0 aliphatic carbocycles. The number of hydrogen-bond donors (Lipinski definition) is 0. The van der Waals surface area contributed by atoms with Crippen molar-refractivity contribution < 1.29 is 9.18 Å². The molecule has 3 aromatic heterocycles. The highest BCUT2D eigenvalue weighted by atomic mass is 35.5. The standard InChI is InChI=1S/C31H32Cl2FN7O2/c1-7-25(42)39-12-13-40(19(5)16-39)28-21-15-23(33)30(38(6)20-8-9-22(32)24(34)14-20)36-29(21)41(31(43)37-28)27-18(4)10-11-35-26(27)17(2)3/h7-11,14-15,17,19H,1,12-13,16H2,2-6H3/t19-/m0/s1. The van der Waals surface area contributed by atoms with Gasteiger partial charge >= 0.3 is 5.69 Å². The van der Waals surface area contributed by atoms with Crippen molar-refractivity contribution >= 4 is 57.5 Å². The molecule has 1 fully saturated rings. The summed E-state index contributed by atoms with van der Waals surface area (Å²) in [6, 6.07) is 7.82. The van der Waals surface area contributed by atoms with E-state index in [9.17, 15) is 14.0 Å². The summed E-state index contributed by atoms with van der Waals surface area (Å²) in [4.78, 5) is 45.8. The number of hydrogen-bond acceptors (Lipinski definition) is 7. The topological polar surface area (TPSA) is 87.5 Å². The van der Waals surface area contributed by atoms with Crippen LogP contribution in [0.4, 0.5) is 21.7 Å². The monoisotopic (exact) mass is 623 g/mol. The summed E-state index contributed by atoms with van der Waals surface area (Å²) < 4.78 is 15.9. The number of nitrogens with zero attached hydrogens (tertiary/aromatic N) is 7. The Labute approximate surface area is 259 Å². The fourth-order valence-corrected chi connectivity index (χ4v) is 5.85. The molecule has 0 unspecified atom stereocenters. The van der Waals surface area contributed by atoms with Crippen LogP contribution in [0.2, 0.25) is 10.0 Å². The molecule has 4 heterocycles. The van der Waals surface area contributed by atoms with Gasteiger partial charge in [-0.3, -0.25) is 9.78 Å². The Balaban J connectivity index is 1.78. The molecule has 12 heteroatoms. The van der Waals surface area contributed by atoms with Gasteiger partial charge < -0.3 is 14.7 Å². The van der Waals surface area contributed by atoms with Crippen molar-refractivity contribution in [3.05, 3.63) is 86.8 Å². The van der Waals surface area contributed by atoms with E-state index < -0.39 is 11.5 Å². The van der Waals surface area contributed by atoms with E-state index in [4.69, 9.17) is 28.2 Å². The van der Waals surface area contributed by atoms with Crippen LogP contribution < -0.4 is 15.5 Å². The van der Waals surface area contributed by atoms with Crippen molar-refractivity contribution in [2.75, 3.05) is 36.5 Å². The van der Waals surface area contributed by atoms with Crippen molar-refractivity contribution in [1.29, 1.82) is 0 Å². The summed E-state index contributed by atoms with van der Waals surface area (Å²) in [5.74, 6) is -0.00371. The van der Waals surface area contributed by atoms with E-state index in [2.05, 4.69) is 16.5 Å². The van der Waals surface area contributed by atoms with Crippen molar-refractivity contribution in [1.82, 2.24) is 24.4 Å². The van der Waals surface area contributed by atoms with Crippen LogP contribution in [0.15, 0.2) is 54.0 Å². The van der Waals surface area contributed by atoms with Crippen molar-refractivity contribution in [2.24, 2.45) is 0 Å². The molecule has 0 saturated carbocycles. The van der Waals surface area contributed by atoms with Crippen LogP contribution in [0, 0.1) is 12.7 Å². The molecule has 224 valence electrons. The zero-order valence-corrected chi connectivity index (χ0v) is 26.1. The summed E-state index contributed by atoms with van der Waals surface area (Å²) in [6.07, 6.45) is 3.02. The van der Waals surface area contributed by atoms with Gasteiger partial charge in [0, 0.05) is 44.6 Å². The molecule has 1 atom stereocenters. The third-order valence-corrected chi connectivity index (χ3v) is 8.29. The van der Waals surface area contributed by atoms with Gasteiger partial charge in [0.15, 0.2) is 11.5 Å². The van der Waals surface area contributed by atoms with Gasteiger partial charge in [0.25, 0.3) is 0 Å². The summed E-state index contributed by atoms with van der Waals surface area (Å²) in [5, 5.41) is 0.826. The Hall–Kier alpha value is -4.02. The van der Waals surface area contributed by atoms with Crippen LogP contribution in [-0.2, 0) is 4.79 Å². The Morgan fingerprint density at radius 3 is 2.56 bits per heavy atom. The Morgan fingerprint density at radius 2 is 1.91 bits per heavy atom. The maximum Gasteiger partial charge on any atom is 0.355 e. The van der Waals surface area contributed by atoms with Gasteiger partial charge in [-0.15, -0.1) is 0 Å². The molecule has 0 N–H and O–H groups in total. The average Bonchev–Trinajstić information content (AvgIpc) is 2.97. The molecule has 1 saturated heterocycles. The van der Waals surface area contributed by atoms with E-state index in [1.54, 1.807) is 35.2 Å². The fraction of sp³-hybridized carbons (Fsp3) is 0.323. The minimum atomic E-state index is -0.582. The maximum atomic E-state index is 14.4. The van der Waals surface area contributed by atoms with Crippen molar-refractivity contribution in [3.8, 4) is 5.69 Å². The fourth-order valence-electron chi connectivity index (χ4n) is 5.45. The van der Waals surface area contributed by atoms with Crippen LogP contribution in [0.1, 0.15) is 37.9 Å². The van der Waals surface area contributed by atoms with Crippen LogP contribution in [0.5, 0.6) is 0 Å². The molecule has 1 aromatic carbocycles. The second kappa shape index (κ2) is 11.9. The van der Waals surface area contributed by atoms with E-state index in [1.807, 2.05) is 38.7 Å². The summed E-state index contributed by atoms with van der Waals surface area (Å²) >= 11 is 12.8. The SMILES string of the molecule is C=CC(=O)N1CCN(c2nc(=O)n(-c3c(C)ccnc3C(C)C)c3nc(N(C)c4ccc(Cl)c(F)c4)c(Cl)cc23)[C@@H](C)C1. The maximum absolute atomic E-state index is 14.4. The predicted molar refractivity (Wildman–Crippen MR) is 170 cm³/mol. The first-order valence-electron chi connectivity index (χ1n) is 13.9. The van der Waals surface area contributed by atoms with Gasteiger partial charge in [-0.1, -0.05) is 43.6 Å². The number of fused-ring (bicyclic) bond motifs is 1. The Bertz CT molecular complexity index is 1810. The number of benzene rings is 1. The Kier molecular flexibility index (Phi) is 8.45. The molecule has 43 heavy (non-hydrogen) atoms. The number of anilines is 3. The number of carbonyl (C=O) groups is 1. The first kappa shape index (κ1) is 30.4. The number of amides is 1. The number of aryl methyl sites for hydroxylation is 1. The lowest BCUT2D eigenvalue weighted by molar-refractivity contribution is -0.126.